The first-order chi connectivity index (χ1) is 11.6. The van der Waals surface area contributed by atoms with Gasteiger partial charge in [0, 0.05) is 24.0 Å². The summed E-state index contributed by atoms with van der Waals surface area (Å²) in [4.78, 5) is 6.46. The van der Waals surface area contributed by atoms with Crippen molar-refractivity contribution >= 4 is 27.5 Å². The molecule has 0 atom stereocenters. The number of aliphatic imine (C=N–C) groups is 1. The molecule has 1 aliphatic heterocycles. The van der Waals surface area contributed by atoms with Crippen molar-refractivity contribution in [1.82, 2.24) is 0 Å². The van der Waals surface area contributed by atoms with Crippen molar-refractivity contribution in [3.05, 3.63) is 22.8 Å². The zero-order valence-electron chi connectivity index (χ0n) is 14.5. The van der Waals surface area contributed by atoms with E-state index in [1.807, 2.05) is 23.2 Å². The molecule has 6 nitrogen and oxygen atoms in total. The van der Waals surface area contributed by atoms with Crippen molar-refractivity contribution in [1.29, 1.82) is 0 Å². The quantitative estimate of drug-likeness (QED) is 0.650. The minimum atomic E-state index is 0.454. The summed E-state index contributed by atoms with van der Waals surface area (Å²) in [5, 5.41) is 0. The molecule has 132 valence electrons. The lowest BCUT2D eigenvalue weighted by molar-refractivity contribution is 0.296. The van der Waals surface area contributed by atoms with Crippen LogP contribution >= 0.6 is 15.9 Å². The summed E-state index contributed by atoms with van der Waals surface area (Å²) >= 11 is 3.52. The molecule has 0 unspecified atom stereocenters. The third kappa shape index (κ3) is 4.14. The van der Waals surface area contributed by atoms with Crippen LogP contribution in [-0.2, 0) is 4.74 Å². The monoisotopic (exact) mass is 398 g/mol. The highest BCUT2D eigenvalue weighted by molar-refractivity contribution is 9.12. The van der Waals surface area contributed by atoms with Gasteiger partial charge >= 0.3 is 0 Å². The van der Waals surface area contributed by atoms with Crippen LogP contribution in [0.15, 0.2) is 27.8 Å². The molecule has 0 aromatic heterocycles. The summed E-state index contributed by atoms with van der Waals surface area (Å²) in [5.74, 6) is 2.40. The summed E-state index contributed by atoms with van der Waals surface area (Å²) in [7, 11) is 4.78. The molecule has 0 saturated heterocycles. The van der Waals surface area contributed by atoms with Gasteiger partial charge in [0.1, 0.15) is 6.67 Å². The second-order valence-corrected chi connectivity index (χ2v) is 5.99. The molecular formula is C17H23BrN2O4. The normalized spacial score (nSPS) is 14.0. The van der Waals surface area contributed by atoms with Crippen LogP contribution in [0, 0.1) is 0 Å². The first-order valence-corrected chi connectivity index (χ1v) is 8.55. The summed E-state index contributed by atoms with van der Waals surface area (Å²) in [6.45, 7) is 3.25. The number of nitrogens with zero attached hydrogens (tertiary/aromatic N) is 2. The smallest absolute Gasteiger partial charge is 0.226 e. The maximum Gasteiger partial charge on any atom is 0.226 e. The van der Waals surface area contributed by atoms with E-state index in [1.165, 1.54) is 0 Å². The number of anilines is 1. The molecule has 0 radical (unpaired) electrons. The Morgan fingerprint density at radius 3 is 2.29 bits per heavy atom. The number of ether oxygens (including phenoxy) is 4. The van der Waals surface area contributed by atoms with Gasteiger partial charge in [0.15, 0.2) is 11.5 Å². The molecule has 1 aliphatic rings. The van der Waals surface area contributed by atoms with Crippen molar-refractivity contribution in [3.63, 3.8) is 0 Å². The Bertz CT molecular complexity index is 606. The van der Waals surface area contributed by atoms with E-state index in [-0.39, 0.29) is 0 Å². The van der Waals surface area contributed by atoms with Crippen LogP contribution in [0.2, 0.25) is 0 Å². The molecule has 1 heterocycles. The third-order valence-electron chi connectivity index (χ3n) is 3.56. The largest absolute Gasteiger partial charge is 0.493 e. The number of benzene rings is 1. The van der Waals surface area contributed by atoms with Crippen LogP contribution in [0.25, 0.3) is 0 Å². The van der Waals surface area contributed by atoms with Gasteiger partial charge in [-0.3, -0.25) is 0 Å². The molecule has 0 saturated carbocycles. The molecule has 1 aromatic rings. The number of unbranched alkanes of at least 4 members (excludes halogenated alkanes) is 1. The molecule has 2 rings (SSSR count). The summed E-state index contributed by atoms with van der Waals surface area (Å²) < 4.78 is 22.6. The minimum absolute atomic E-state index is 0.454. The molecule has 0 aliphatic carbocycles. The number of rotatable bonds is 7. The number of hydrogen-bond acceptors (Lipinski definition) is 6. The molecule has 0 bridgehead atoms. The summed E-state index contributed by atoms with van der Waals surface area (Å²) in [6, 6.07) is 3.77. The lowest BCUT2D eigenvalue weighted by Crippen LogP contribution is -2.24. The summed E-state index contributed by atoms with van der Waals surface area (Å²) in [5.41, 5.74) is 0.887. The van der Waals surface area contributed by atoms with Crippen LogP contribution in [0.4, 0.5) is 5.69 Å². The maximum atomic E-state index is 5.68. The fraction of sp³-hybridized carbons (Fsp3) is 0.471. The fourth-order valence-corrected chi connectivity index (χ4v) is 2.75. The lowest BCUT2D eigenvalue weighted by Gasteiger charge is -2.25. The molecule has 0 N–H and O–H groups in total. The highest BCUT2D eigenvalue weighted by Gasteiger charge is 2.19. The minimum Gasteiger partial charge on any atom is -0.493 e. The van der Waals surface area contributed by atoms with E-state index in [4.69, 9.17) is 18.9 Å². The van der Waals surface area contributed by atoms with Crippen molar-refractivity contribution < 1.29 is 18.9 Å². The average Bonchev–Trinajstić information content (AvgIpc) is 2.61. The molecule has 7 heteroatoms. The Hall–Kier alpha value is -1.89. The lowest BCUT2D eigenvalue weighted by atomic mass is 10.2. The Morgan fingerprint density at radius 2 is 1.79 bits per heavy atom. The van der Waals surface area contributed by atoms with Gasteiger partial charge in [-0.1, -0.05) is 13.3 Å². The van der Waals surface area contributed by atoms with Crippen molar-refractivity contribution in [2.24, 2.45) is 4.99 Å². The molecule has 0 spiro atoms. The van der Waals surface area contributed by atoms with Crippen molar-refractivity contribution in [2.75, 3.05) is 39.5 Å². The second kappa shape index (κ2) is 8.82. The van der Waals surface area contributed by atoms with Crippen LogP contribution in [-0.4, -0.2) is 40.5 Å². The van der Waals surface area contributed by atoms with Crippen LogP contribution < -0.4 is 19.1 Å². The van der Waals surface area contributed by atoms with E-state index >= 15 is 0 Å². The van der Waals surface area contributed by atoms with Gasteiger partial charge in [0.25, 0.3) is 0 Å². The zero-order chi connectivity index (χ0) is 17.5. The van der Waals surface area contributed by atoms with Gasteiger partial charge in [0.2, 0.25) is 11.6 Å². The predicted octanol–water partition coefficient (Wildman–Crippen LogP) is 3.94. The van der Waals surface area contributed by atoms with Crippen LogP contribution in [0.5, 0.6) is 17.2 Å². The van der Waals surface area contributed by atoms with Gasteiger partial charge in [-0.15, -0.1) is 0 Å². The SMILES string of the molecule is CCCCOC1=NCN(c2cc(OC)c(OC)c(OC)c2)C=C1Br. The number of hydrogen-bond donors (Lipinski definition) is 0. The number of halogens is 1. The molecule has 1 aromatic carbocycles. The van der Waals surface area contributed by atoms with Crippen LogP contribution in [0.1, 0.15) is 19.8 Å². The third-order valence-corrected chi connectivity index (χ3v) is 4.10. The molecule has 0 fully saturated rings. The molecule has 0 amide bonds. The zero-order valence-corrected chi connectivity index (χ0v) is 16.1. The van der Waals surface area contributed by atoms with Gasteiger partial charge in [-0.05, 0) is 22.4 Å². The van der Waals surface area contributed by atoms with E-state index in [9.17, 15) is 0 Å². The van der Waals surface area contributed by atoms with E-state index in [0.29, 0.717) is 36.4 Å². The predicted molar refractivity (Wildman–Crippen MR) is 98.7 cm³/mol. The average molecular weight is 399 g/mol. The van der Waals surface area contributed by atoms with Crippen LogP contribution in [0.3, 0.4) is 0 Å². The maximum absolute atomic E-state index is 5.68. The van der Waals surface area contributed by atoms with E-state index < -0.39 is 0 Å². The Morgan fingerprint density at radius 1 is 1.12 bits per heavy atom. The molecule has 24 heavy (non-hydrogen) atoms. The Labute approximate surface area is 151 Å². The Balaban J connectivity index is 2.22. The van der Waals surface area contributed by atoms with Crippen molar-refractivity contribution in [3.8, 4) is 17.2 Å². The Kier molecular flexibility index (Phi) is 6.78. The van der Waals surface area contributed by atoms with E-state index in [2.05, 4.69) is 27.8 Å². The second-order valence-electron chi connectivity index (χ2n) is 5.14. The van der Waals surface area contributed by atoms with E-state index in [1.54, 1.807) is 21.3 Å². The first kappa shape index (κ1) is 18.4. The highest BCUT2D eigenvalue weighted by atomic mass is 79.9. The van der Waals surface area contributed by atoms with E-state index in [0.717, 1.165) is 23.0 Å². The first-order valence-electron chi connectivity index (χ1n) is 7.76. The van der Waals surface area contributed by atoms with Gasteiger partial charge < -0.3 is 23.8 Å². The van der Waals surface area contributed by atoms with Gasteiger partial charge in [0.05, 0.1) is 32.4 Å². The number of methoxy groups -OCH3 is 3. The van der Waals surface area contributed by atoms with Crippen molar-refractivity contribution in [2.45, 2.75) is 19.8 Å². The fourth-order valence-electron chi connectivity index (χ4n) is 2.27. The standard InChI is InChI=1S/C17H23BrN2O4/c1-5-6-7-24-17-13(18)10-20(11-19-17)12-8-14(21-2)16(23-4)15(9-12)22-3/h8-10H,5-7,11H2,1-4H3. The van der Waals surface area contributed by atoms with Gasteiger partial charge in [-0.2, -0.15) is 0 Å². The molecular weight excluding hydrogens is 376 g/mol. The highest BCUT2D eigenvalue weighted by Crippen LogP contribution is 2.41. The topological polar surface area (TPSA) is 52.5 Å². The van der Waals surface area contributed by atoms with Gasteiger partial charge in [-0.25, -0.2) is 4.99 Å². The summed E-state index contributed by atoms with van der Waals surface area (Å²) in [6.07, 6.45) is 4.04.